The first-order valence-corrected chi connectivity index (χ1v) is 5.55. The molecular formula is C12H20O3. The number of hydrogen-bond acceptors (Lipinski definition) is 3. The zero-order valence-corrected chi connectivity index (χ0v) is 9.84. The van der Waals surface area contributed by atoms with E-state index in [1.54, 1.807) is 7.11 Å². The van der Waals surface area contributed by atoms with Gasteiger partial charge in [-0.15, -0.1) is 0 Å². The molecule has 1 aliphatic rings. The molecule has 3 nitrogen and oxygen atoms in total. The minimum absolute atomic E-state index is 0.0506. The van der Waals surface area contributed by atoms with Gasteiger partial charge < -0.3 is 4.74 Å². The smallest absolute Gasteiger partial charge is 0.148 e. The minimum atomic E-state index is -0.371. The molecule has 0 heterocycles. The van der Waals surface area contributed by atoms with Crippen LogP contribution >= 0.6 is 0 Å². The molecule has 0 aromatic heterocycles. The zero-order chi connectivity index (χ0) is 11.5. The van der Waals surface area contributed by atoms with Crippen LogP contribution in [0.5, 0.6) is 0 Å². The molecule has 3 heteroatoms. The topological polar surface area (TPSA) is 43.4 Å². The fourth-order valence-electron chi connectivity index (χ4n) is 2.16. The van der Waals surface area contributed by atoms with Crippen LogP contribution in [0.1, 0.15) is 39.5 Å². The number of ketones is 2. The lowest BCUT2D eigenvalue weighted by Gasteiger charge is -2.32. The normalized spacial score (nSPS) is 25.3. The van der Waals surface area contributed by atoms with Gasteiger partial charge in [-0.05, 0) is 12.8 Å². The Morgan fingerprint density at radius 1 is 1.53 bits per heavy atom. The Kier molecular flexibility index (Phi) is 4.03. The largest absolute Gasteiger partial charge is 0.384 e. The van der Waals surface area contributed by atoms with Gasteiger partial charge in [0.2, 0.25) is 0 Å². The Bertz CT molecular complexity index is 256. The highest BCUT2D eigenvalue weighted by Gasteiger charge is 2.40. The molecule has 0 spiro atoms. The maximum atomic E-state index is 12.0. The SMILES string of the molecule is COCCC(=O)C1CCCC(C)(C)C1=O. The molecule has 0 amide bonds. The molecule has 0 N–H and O–H groups in total. The van der Waals surface area contributed by atoms with E-state index in [2.05, 4.69) is 0 Å². The van der Waals surface area contributed by atoms with Gasteiger partial charge in [-0.25, -0.2) is 0 Å². The van der Waals surface area contributed by atoms with Crippen molar-refractivity contribution in [2.45, 2.75) is 39.5 Å². The van der Waals surface area contributed by atoms with Gasteiger partial charge in [0, 0.05) is 18.9 Å². The van der Waals surface area contributed by atoms with E-state index in [9.17, 15) is 9.59 Å². The third-order valence-corrected chi connectivity index (χ3v) is 3.22. The maximum Gasteiger partial charge on any atom is 0.148 e. The van der Waals surface area contributed by atoms with Gasteiger partial charge in [0.15, 0.2) is 0 Å². The molecule has 0 bridgehead atoms. The van der Waals surface area contributed by atoms with Crippen molar-refractivity contribution in [3.8, 4) is 0 Å². The molecule has 0 saturated heterocycles. The van der Waals surface area contributed by atoms with Crippen LogP contribution in [-0.4, -0.2) is 25.3 Å². The van der Waals surface area contributed by atoms with Crippen molar-refractivity contribution >= 4 is 11.6 Å². The van der Waals surface area contributed by atoms with E-state index in [1.807, 2.05) is 13.8 Å². The Hall–Kier alpha value is -0.700. The Morgan fingerprint density at radius 2 is 2.20 bits per heavy atom. The van der Waals surface area contributed by atoms with Crippen molar-refractivity contribution in [3.05, 3.63) is 0 Å². The van der Waals surface area contributed by atoms with E-state index in [1.165, 1.54) is 0 Å². The lowest BCUT2D eigenvalue weighted by molar-refractivity contribution is -0.141. The van der Waals surface area contributed by atoms with E-state index >= 15 is 0 Å². The van der Waals surface area contributed by atoms with E-state index in [0.29, 0.717) is 13.0 Å². The molecule has 1 saturated carbocycles. The predicted octanol–water partition coefficient (Wildman–Crippen LogP) is 1.99. The van der Waals surface area contributed by atoms with Crippen LogP contribution in [0, 0.1) is 11.3 Å². The molecule has 0 aromatic carbocycles. The van der Waals surface area contributed by atoms with Crippen LogP contribution < -0.4 is 0 Å². The van der Waals surface area contributed by atoms with Crippen molar-refractivity contribution in [2.75, 3.05) is 13.7 Å². The summed E-state index contributed by atoms with van der Waals surface area (Å²) in [4.78, 5) is 23.7. The number of ether oxygens (including phenoxy) is 1. The van der Waals surface area contributed by atoms with Gasteiger partial charge in [0.05, 0.1) is 12.5 Å². The van der Waals surface area contributed by atoms with Crippen molar-refractivity contribution in [1.29, 1.82) is 0 Å². The second kappa shape index (κ2) is 4.88. The minimum Gasteiger partial charge on any atom is -0.384 e. The summed E-state index contributed by atoms with van der Waals surface area (Å²) < 4.78 is 4.86. The first kappa shape index (κ1) is 12.4. The van der Waals surface area contributed by atoms with Crippen LogP contribution in [0.25, 0.3) is 0 Å². The average Bonchev–Trinajstić information content (AvgIpc) is 2.18. The standard InChI is InChI=1S/C12H20O3/c1-12(2)7-4-5-9(11(12)14)10(13)6-8-15-3/h9H,4-8H2,1-3H3. The Balaban J connectivity index is 2.61. The highest BCUT2D eigenvalue weighted by Crippen LogP contribution is 2.36. The Morgan fingerprint density at radius 3 is 2.80 bits per heavy atom. The molecule has 1 fully saturated rings. The van der Waals surface area contributed by atoms with E-state index in [0.717, 1.165) is 19.3 Å². The predicted molar refractivity (Wildman–Crippen MR) is 57.6 cm³/mol. The van der Waals surface area contributed by atoms with Gasteiger partial charge >= 0.3 is 0 Å². The summed E-state index contributed by atoms with van der Waals surface area (Å²) in [5, 5.41) is 0. The fraction of sp³-hybridized carbons (Fsp3) is 0.833. The molecule has 1 unspecified atom stereocenters. The molecule has 1 atom stereocenters. The maximum absolute atomic E-state index is 12.0. The van der Waals surface area contributed by atoms with Gasteiger partial charge in [-0.3, -0.25) is 9.59 Å². The van der Waals surface area contributed by atoms with Crippen molar-refractivity contribution < 1.29 is 14.3 Å². The van der Waals surface area contributed by atoms with Crippen LogP contribution in [0.2, 0.25) is 0 Å². The van der Waals surface area contributed by atoms with E-state index < -0.39 is 0 Å². The average molecular weight is 212 g/mol. The van der Waals surface area contributed by atoms with Crippen molar-refractivity contribution in [1.82, 2.24) is 0 Å². The molecule has 1 aliphatic carbocycles. The third kappa shape index (κ3) is 2.88. The highest BCUT2D eigenvalue weighted by atomic mass is 16.5. The molecule has 86 valence electrons. The van der Waals surface area contributed by atoms with Gasteiger partial charge in [-0.2, -0.15) is 0 Å². The summed E-state index contributed by atoms with van der Waals surface area (Å²) in [6.45, 7) is 4.29. The Labute approximate surface area is 91.2 Å². The van der Waals surface area contributed by atoms with Crippen molar-refractivity contribution in [2.24, 2.45) is 11.3 Å². The number of carbonyl (C=O) groups is 2. The monoisotopic (exact) mass is 212 g/mol. The molecule has 1 rings (SSSR count). The van der Waals surface area contributed by atoms with E-state index in [4.69, 9.17) is 4.74 Å². The summed E-state index contributed by atoms with van der Waals surface area (Å²) in [6, 6.07) is 0. The summed E-state index contributed by atoms with van der Waals surface area (Å²) >= 11 is 0. The second-order valence-electron chi connectivity index (χ2n) is 4.90. The number of methoxy groups -OCH3 is 1. The molecule has 0 aromatic rings. The first-order valence-electron chi connectivity index (χ1n) is 5.55. The first-order chi connectivity index (χ1) is 6.99. The molecule has 0 aliphatic heterocycles. The summed E-state index contributed by atoms with van der Waals surface area (Å²) in [5.74, 6) is -0.201. The lowest BCUT2D eigenvalue weighted by Crippen LogP contribution is -2.39. The van der Waals surface area contributed by atoms with Crippen LogP contribution in [0.4, 0.5) is 0 Å². The van der Waals surface area contributed by atoms with Crippen LogP contribution in [0.15, 0.2) is 0 Å². The fourth-order valence-corrected chi connectivity index (χ4v) is 2.16. The van der Waals surface area contributed by atoms with Gasteiger partial charge in [0.25, 0.3) is 0 Å². The van der Waals surface area contributed by atoms with E-state index in [-0.39, 0.29) is 22.9 Å². The number of hydrogen-bond donors (Lipinski definition) is 0. The van der Waals surface area contributed by atoms with Crippen LogP contribution in [-0.2, 0) is 14.3 Å². The zero-order valence-electron chi connectivity index (χ0n) is 9.84. The summed E-state index contributed by atoms with van der Waals surface area (Å²) in [5.41, 5.74) is -0.314. The highest BCUT2D eigenvalue weighted by molar-refractivity contribution is 6.05. The molecular weight excluding hydrogens is 192 g/mol. The molecule has 15 heavy (non-hydrogen) atoms. The summed E-state index contributed by atoms with van der Waals surface area (Å²) in [6.07, 6.45) is 2.97. The third-order valence-electron chi connectivity index (χ3n) is 3.22. The number of carbonyl (C=O) groups excluding carboxylic acids is 2. The van der Waals surface area contributed by atoms with Crippen LogP contribution in [0.3, 0.4) is 0 Å². The second-order valence-corrected chi connectivity index (χ2v) is 4.90. The summed E-state index contributed by atoms with van der Waals surface area (Å²) in [7, 11) is 1.57. The van der Waals surface area contributed by atoms with Gasteiger partial charge in [-0.1, -0.05) is 20.3 Å². The van der Waals surface area contributed by atoms with Gasteiger partial charge in [0.1, 0.15) is 11.6 Å². The quantitative estimate of drug-likeness (QED) is 0.669. The number of rotatable bonds is 4. The van der Waals surface area contributed by atoms with Crippen molar-refractivity contribution in [3.63, 3.8) is 0 Å². The number of Topliss-reactive ketones (excluding diaryl/α,β-unsaturated/α-hetero) is 2. The molecule has 0 radical (unpaired) electrons. The lowest BCUT2D eigenvalue weighted by atomic mass is 9.69.